The lowest BCUT2D eigenvalue weighted by molar-refractivity contribution is -0.243. The number of esters is 1. The molecule has 2 unspecified atom stereocenters. The van der Waals surface area contributed by atoms with Gasteiger partial charge in [-0.1, -0.05) is 75.1 Å². The third kappa shape index (κ3) is 4.20. The third-order valence-corrected chi connectivity index (χ3v) is 7.42. The topological polar surface area (TPSA) is 65.1 Å². The van der Waals surface area contributed by atoms with Gasteiger partial charge in [0.1, 0.15) is 5.75 Å². The first-order valence-electron chi connectivity index (χ1n) is 12.3. The van der Waals surface area contributed by atoms with Crippen LogP contribution in [0.4, 0.5) is 0 Å². The maximum atomic E-state index is 13.8. The van der Waals surface area contributed by atoms with Gasteiger partial charge in [-0.05, 0) is 36.6 Å². The third-order valence-electron chi connectivity index (χ3n) is 7.42. The summed E-state index contributed by atoms with van der Waals surface area (Å²) in [6.45, 7) is 4.90. The number of benzene rings is 2. The molecule has 2 aliphatic heterocycles. The van der Waals surface area contributed by atoms with E-state index in [1.165, 1.54) is 0 Å². The molecule has 4 rings (SSSR count). The molecule has 6 nitrogen and oxygen atoms in total. The Morgan fingerprint density at radius 3 is 2.35 bits per heavy atom. The van der Waals surface area contributed by atoms with Crippen LogP contribution in [0.15, 0.2) is 54.6 Å². The van der Waals surface area contributed by atoms with Crippen LogP contribution in [0, 0.1) is 5.92 Å². The first-order valence-corrected chi connectivity index (χ1v) is 12.3. The fourth-order valence-electron chi connectivity index (χ4n) is 5.34. The van der Waals surface area contributed by atoms with Crippen molar-refractivity contribution < 1.29 is 23.8 Å². The first-order chi connectivity index (χ1) is 16.5. The maximum Gasteiger partial charge on any atom is 0.339 e. The van der Waals surface area contributed by atoms with Crippen LogP contribution in [0.3, 0.4) is 0 Å². The van der Waals surface area contributed by atoms with Gasteiger partial charge in [0, 0.05) is 6.54 Å². The zero-order valence-electron chi connectivity index (χ0n) is 20.4. The summed E-state index contributed by atoms with van der Waals surface area (Å²) in [5.41, 5.74) is -0.0502. The standard InChI is InChI=1S/C28H35NO5/c1-4-5-6-10-13-24-25(30)29(18-21-14-16-23(32-3)17-15-21)28(26(31)34-27(24,28)2)20-33-19-22-11-8-7-9-12-22/h7-9,11-12,14-17,24H,4-6,10,13,18-20H2,1-3H3/t24-,27?,28?/m1/s1. The molecule has 3 atom stereocenters. The highest BCUT2D eigenvalue weighted by molar-refractivity contribution is 6.01. The number of hydrogen-bond acceptors (Lipinski definition) is 5. The molecule has 2 aromatic carbocycles. The second-order valence-electron chi connectivity index (χ2n) is 9.51. The number of likely N-dealkylation sites (tertiary alicyclic amines) is 1. The summed E-state index contributed by atoms with van der Waals surface area (Å²) in [7, 11) is 1.62. The van der Waals surface area contributed by atoms with Crippen LogP contribution in [-0.4, -0.2) is 41.6 Å². The highest BCUT2D eigenvalue weighted by Crippen LogP contribution is 2.56. The number of methoxy groups -OCH3 is 1. The second kappa shape index (κ2) is 10.2. The molecule has 0 bridgehead atoms. The summed E-state index contributed by atoms with van der Waals surface area (Å²) in [4.78, 5) is 28.6. The molecule has 0 spiro atoms. The van der Waals surface area contributed by atoms with Crippen molar-refractivity contribution in [2.75, 3.05) is 13.7 Å². The van der Waals surface area contributed by atoms with E-state index in [9.17, 15) is 9.59 Å². The Morgan fingerprint density at radius 1 is 0.971 bits per heavy atom. The smallest absolute Gasteiger partial charge is 0.339 e. The van der Waals surface area contributed by atoms with Gasteiger partial charge in [-0.15, -0.1) is 0 Å². The summed E-state index contributed by atoms with van der Waals surface area (Å²) in [6, 6.07) is 17.5. The summed E-state index contributed by atoms with van der Waals surface area (Å²) in [5, 5.41) is 0. The molecule has 0 aromatic heterocycles. The van der Waals surface area contributed by atoms with Crippen LogP contribution in [0.1, 0.15) is 57.1 Å². The van der Waals surface area contributed by atoms with Gasteiger partial charge in [0.2, 0.25) is 11.4 Å². The van der Waals surface area contributed by atoms with Crippen molar-refractivity contribution in [1.82, 2.24) is 4.90 Å². The average Bonchev–Trinajstić information content (AvgIpc) is 2.98. The van der Waals surface area contributed by atoms with Crippen LogP contribution >= 0.6 is 0 Å². The number of fused-ring (bicyclic) bond motifs is 1. The van der Waals surface area contributed by atoms with Gasteiger partial charge in [-0.25, -0.2) is 4.79 Å². The van der Waals surface area contributed by atoms with E-state index in [4.69, 9.17) is 14.2 Å². The molecule has 182 valence electrons. The molecule has 2 heterocycles. The Balaban J connectivity index is 1.59. The molecule has 0 saturated carbocycles. The molecule has 2 aliphatic rings. The zero-order chi connectivity index (χ0) is 24.2. The van der Waals surface area contributed by atoms with Crippen LogP contribution in [0.5, 0.6) is 5.75 Å². The number of nitrogens with zero attached hydrogens (tertiary/aromatic N) is 1. The van der Waals surface area contributed by atoms with E-state index >= 15 is 0 Å². The normalized spacial score (nSPS) is 25.6. The lowest BCUT2D eigenvalue weighted by atomic mass is 9.70. The number of ether oxygens (including phenoxy) is 3. The number of carbonyl (C=O) groups is 2. The Kier molecular flexibility index (Phi) is 7.27. The van der Waals surface area contributed by atoms with Gasteiger partial charge in [-0.2, -0.15) is 0 Å². The van der Waals surface area contributed by atoms with Crippen LogP contribution in [0.25, 0.3) is 0 Å². The number of unbranched alkanes of at least 4 members (excludes halogenated alkanes) is 3. The Bertz CT molecular complexity index is 992. The molecule has 0 N–H and O–H groups in total. The zero-order valence-corrected chi connectivity index (χ0v) is 20.4. The average molecular weight is 466 g/mol. The van der Waals surface area contributed by atoms with Gasteiger partial charge in [-0.3, -0.25) is 4.79 Å². The molecular weight excluding hydrogens is 430 g/mol. The van der Waals surface area contributed by atoms with E-state index < -0.39 is 11.1 Å². The lowest BCUT2D eigenvalue weighted by Gasteiger charge is -2.54. The number of hydrogen-bond donors (Lipinski definition) is 0. The number of amides is 1. The minimum Gasteiger partial charge on any atom is -0.497 e. The second-order valence-corrected chi connectivity index (χ2v) is 9.51. The number of carbonyl (C=O) groups excluding carboxylic acids is 2. The summed E-state index contributed by atoms with van der Waals surface area (Å²) in [6.07, 6.45) is 4.99. The van der Waals surface area contributed by atoms with Crippen molar-refractivity contribution in [2.45, 2.75) is 70.2 Å². The molecule has 34 heavy (non-hydrogen) atoms. The van der Waals surface area contributed by atoms with E-state index in [0.29, 0.717) is 19.6 Å². The van der Waals surface area contributed by atoms with Gasteiger partial charge in [0.05, 0.1) is 26.2 Å². The molecule has 2 aromatic rings. The minimum atomic E-state index is -1.12. The maximum absolute atomic E-state index is 13.8. The van der Waals surface area contributed by atoms with E-state index in [0.717, 1.165) is 42.6 Å². The Morgan fingerprint density at radius 2 is 1.71 bits per heavy atom. The van der Waals surface area contributed by atoms with E-state index in [1.807, 2.05) is 61.5 Å². The molecular formula is C28H35NO5. The van der Waals surface area contributed by atoms with Crippen molar-refractivity contribution in [2.24, 2.45) is 5.92 Å². The summed E-state index contributed by atoms with van der Waals surface area (Å²) in [5.74, 6) is -0.00955. The Labute approximate surface area is 202 Å². The van der Waals surface area contributed by atoms with Crippen molar-refractivity contribution in [3.8, 4) is 5.75 Å². The van der Waals surface area contributed by atoms with Crippen LogP contribution in [0.2, 0.25) is 0 Å². The monoisotopic (exact) mass is 465 g/mol. The predicted molar refractivity (Wildman–Crippen MR) is 129 cm³/mol. The van der Waals surface area contributed by atoms with Gasteiger partial charge in [0.15, 0.2) is 5.60 Å². The van der Waals surface area contributed by atoms with E-state index in [2.05, 4.69) is 6.92 Å². The first kappa shape index (κ1) is 24.3. The van der Waals surface area contributed by atoms with Gasteiger partial charge >= 0.3 is 5.97 Å². The Hall–Kier alpha value is -2.86. The van der Waals surface area contributed by atoms with Crippen molar-refractivity contribution >= 4 is 11.9 Å². The van der Waals surface area contributed by atoms with Crippen molar-refractivity contribution in [3.05, 3.63) is 65.7 Å². The summed E-state index contributed by atoms with van der Waals surface area (Å²) >= 11 is 0. The quantitative estimate of drug-likeness (QED) is 0.330. The predicted octanol–water partition coefficient (Wildman–Crippen LogP) is 4.90. The molecule has 2 fully saturated rings. The van der Waals surface area contributed by atoms with Crippen LogP contribution in [-0.2, 0) is 32.2 Å². The lowest BCUT2D eigenvalue weighted by Crippen LogP contribution is -2.76. The SMILES string of the molecule is CCCCCC[C@@H]1C(=O)N(Cc2ccc(OC)cc2)C2(COCc3ccccc3)C(=O)OC12C. The molecule has 1 amide bonds. The van der Waals surface area contributed by atoms with Crippen molar-refractivity contribution in [3.63, 3.8) is 0 Å². The highest BCUT2D eigenvalue weighted by atomic mass is 16.6. The fraction of sp³-hybridized carbons (Fsp3) is 0.500. The summed E-state index contributed by atoms with van der Waals surface area (Å²) < 4.78 is 17.2. The van der Waals surface area contributed by atoms with Crippen molar-refractivity contribution in [1.29, 1.82) is 0 Å². The number of rotatable bonds is 12. The largest absolute Gasteiger partial charge is 0.497 e. The van der Waals surface area contributed by atoms with Gasteiger partial charge < -0.3 is 19.1 Å². The molecule has 0 aliphatic carbocycles. The molecule has 0 radical (unpaired) electrons. The van der Waals surface area contributed by atoms with Crippen LogP contribution < -0.4 is 4.74 Å². The van der Waals surface area contributed by atoms with E-state index in [1.54, 1.807) is 12.0 Å². The highest BCUT2D eigenvalue weighted by Gasteiger charge is 2.79. The van der Waals surface area contributed by atoms with Gasteiger partial charge in [0.25, 0.3) is 0 Å². The molecule has 2 saturated heterocycles. The van der Waals surface area contributed by atoms with E-state index in [-0.39, 0.29) is 24.4 Å². The minimum absolute atomic E-state index is 0.0241. The molecule has 6 heteroatoms. The fourth-order valence-corrected chi connectivity index (χ4v) is 5.34.